The molecule has 0 aliphatic heterocycles. The molecule has 0 amide bonds. The molecule has 0 radical (unpaired) electrons. The van der Waals surface area contributed by atoms with Crippen molar-refractivity contribution in [1.82, 2.24) is 0 Å². The normalized spacial score (nSPS) is 11.3. The van der Waals surface area contributed by atoms with E-state index >= 15 is 0 Å². The van der Waals surface area contributed by atoms with Gasteiger partial charge in [0.25, 0.3) is 10.1 Å². The minimum atomic E-state index is -3.58. The Balaban J connectivity index is 0. The van der Waals surface area contributed by atoms with Gasteiger partial charge in [-0.05, 0) is 18.6 Å². The predicted molar refractivity (Wildman–Crippen MR) is 111 cm³/mol. The molecule has 0 fully saturated rings. The minimum Gasteiger partial charge on any atom is -1.00 e. The predicted octanol–water partition coefficient (Wildman–Crippen LogP) is 3.99. The van der Waals surface area contributed by atoms with Gasteiger partial charge >= 0.3 is 18.9 Å². The summed E-state index contributed by atoms with van der Waals surface area (Å²) in [4.78, 5) is 0.241. The molecule has 0 unspecified atom stereocenters. The Morgan fingerprint density at radius 1 is 0.704 bits per heavy atom. The molecule has 1 rings (SSSR count). The average molecular weight is 391 g/mol. The molecule has 152 valence electrons. The van der Waals surface area contributed by atoms with E-state index in [9.17, 15) is 8.42 Å². The summed E-state index contributed by atoms with van der Waals surface area (Å²) >= 11 is 0. The van der Waals surface area contributed by atoms with Crippen LogP contribution >= 0.6 is 0 Å². The Morgan fingerprint density at radius 3 is 1.56 bits per heavy atom. The van der Waals surface area contributed by atoms with Gasteiger partial charge in [-0.1, -0.05) is 109 Å². The largest absolute Gasteiger partial charge is 1.00 e. The van der Waals surface area contributed by atoms with Crippen LogP contribution in [-0.2, 0) is 14.3 Å². The zero-order valence-electron chi connectivity index (χ0n) is 18.6. The van der Waals surface area contributed by atoms with E-state index in [-0.39, 0.29) is 31.8 Å². The first-order valence-corrected chi connectivity index (χ1v) is 12.0. The van der Waals surface area contributed by atoms with Crippen molar-refractivity contribution >= 4 is 10.1 Å². The van der Waals surface area contributed by atoms with Crippen LogP contribution in [-0.4, -0.2) is 15.0 Å². The summed E-state index contributed by atoms with van der Waals surface area (Å²) in [6.45, 7) is 2.55. The maximum absolute atomic E-state index is 11.9. The second-order valence-corrected chi connectivity index (χ2v) is 8.80. The molecule has 27 heavy (non-hydrogen) atoms. The molecule has 0 heterocycles. The fourth-order valence-electron chi connectivity index (χ4n) is 3.12. The van der Waals surface area contributed by atoms with Gasteiger partial charge in [-0.3, -0.25) is 4.18 Å². The molecule has 0 N–H and O–H groups in total. The third kappa shape index (κ3) is 14.4. The summed E-state index contributed by atoms with van der Waals surface area (Å²) < 4.78 is 29.0. The van der Waals surface area contributed by atoms with Gasteiger partial charge in [-0.15, -0.1) is 0 Å². The maximum atomic E-state index is 11.9. The first kappa shape index (κ1) is 26.7. The van der Waals surface area contributed by atoms with Crippen LogP contribution in [0.15, 0.2) is 35.2 Å². The van der Waals surface area contributed by atoms with Crippen LogP contribution < -0.4 is 18.9 Å². The molecule has 0 saturated heterocycles. The van der Waals surface area contributed by atoms with E-state index < -0.39 is 10.1 Å². The van der Waals surface area contributed by atoms with Crippen LogP contribution in [0, 0.1) is 0 Å². The van der Waals surface area contributed by atoms with Crippen LogP contribution in [0.2, 0.25) is 0 Å². The molecule has 1 aromatic carbocycles. The van der Waals surface area contributed by atoms with Gasteiger partial charge in [0.05, 0.1) is 11.5 Å². The summed E-state index contributed by atoms with van der Waals surface area (Å²) in [5.74, 6) is 0. The molecule has 0 aliphatic carbocycles. The number of unbranched alkanes of at least 4 members (excludes halogenated alkanes) is 13. The van der Waals surface area contributed by atoms with Gasteiger partial charge in [0.15, 0.2) is 0 Å². The SMILES string of the molecule is CCCCCCCCCCCCCCCCOS(=O)(=O)c1ccccc1.[H-].[Li+]. The van der Waals surface area contributed by atoms with Crippen molar-refractivity contribution in [1.29, 1.82) is 0 Å². The summed E-state index contributed by atoms with van der Waals surface area (Å²) in [6, 6.07) is 8.36. The Labute approximate surface area is 181 Å². The molecule has 3 nitrogen and oxygen atoms in total. The quantitative estimate of drug-likeness (QED) is 0.229. The van der Waals surface area contributed by atoms with Crippen LogP contribution in [0.1, 0.15) is 98.2 Å². The van der Waals surface area contributed by atoms with E-state index in [1.165, 1.54) is 77.0 Å². The second-order valence-electron chi connectivity index (χ2n) is 7.19. The zero-order chi connectivity index (χ0) is 18.9. The second kappa shape index (κ2) is 17.8. The van der Waals surface area contributed by atoms with Gasteiger partial charge in [0, 0.05) is 0 Å². The van der Waals surface area contributed by atoms with Gasteiger partial charge in [0.2, 0.25) is 0 Å². The maximum Gasteiger partial charge on any atom is 1.00 e. The molecule has 0 spiro atoms. The van der Waals surface area contributed by atoms with Crippen LogP contribution in [0.4, 0.5) is 0 Å². The van der Waals surface area contributed by atoms with Crippen molar-refractivity contribution in [3.05, 3.63) is 30.3 Å². The van der Waals surface area contributed by atoms with E-state index in [2.05, 4.69) is 6.92 Å². The molecule has 0 atom stereocenters. The zero-order valence-corrected chi connectivity index (χ0v) is 18.4. The Bertz CT molecular complexity index is 538. The molecule has 0 bridgehead atoms. The van der Waals surface area contributed by atoms with Gasteiger partial charge in [0.1, 0.15) is 0 Å². The first-order valence-electron chi connectivity index (χ1n) is 10.6. The third-order valence-corrected chi connectivity index (χ3v) is 6.09. The number of rotatable bonds is 17. The van der Waals surface area contributed by atoms with E-state index in [1.54, 1.807) is 30.3 Å². The molecule has 0 saturated carbocycles. The van der Waals surface area contributed by atoms with Gasteiger partial charge < -0.3 is 1.43 Å². The Morgan fingerprint density at radius 2 is 1.11 bits per heavy atom. The summed E-state index contributed by atoms with van der Waals surface area (Å²) in [6.07, 6.45) is 18.0. The smallest absolute Gasteiger partial charge is 1.00 e. The molecular weight excluding hydrogens is 351 g/mol. The topological polar surface area (TPSA) is 43.4 Å². The third-order valence-electron chi connectivity index (χ3n) is 4.77. The fraction of sp³-hybridized carbons (Fsp3) is 0.727. The van der Waals surface area contributed by atoms with E-state index in [1.807, 2.05) is 0 Å². The van der Waals surface area contributed by atoms with Crippen molar-refractivity contribution in [3.63, 3.8) is 0 Å². The molecule has 0 aliphatic rings. The average Bonchev–Trinajstić information content (AvgIpc) is 2.65. The fourth-order valence-corrected chi connectivity index (χ4v) is 4.08. The van der Waals surface area contributed by atoms with Crippen molar-refractivity contribution < 1.29 is 32.9 Å². The molecule has 5 heteroatoms. The number of hydrogen-bond donors (Lipinski definition) is 0. The summed E-state index contributed by atoms with van der Waals surface area (Å²) in [7, 11) is -3.58. The Hall–Kier alpha value is -0.273. The van der Waals surface area contributed by atoms with E-state index in [0.717, 1.165) is 12.8 Å². The van der Waals surface area contributed by atoms with Crippen LogP contribution in [0.25, 0.3) is 0 Å². The van der Waals surface area contributed by atoms with Crippen LogP contribution in [0.5, 0.6) is 0 Å². The summed E-state index contributed by atoms with van der Waals surface area (Å²) in [5.41, 5.74) is 0. The van der Waals surface area contributed by atoms with Crippen molar-refractivity contribution in [2.75, 3.05) is 6.61 Å². The van der Waals surface area contributed by atoms with Gasteiger partial charge in [-0.25, -0.2) is 0 Å². The monoisotopic (exact) mass is 390 g/mol. The van der Waals surface area contributed by atoms with Gasteiger partial charge in [-0.2, -0.15) is 8.42 Å². The number of benzene rings is 1. The first-order chi connectivity index (χ1) is 12.7. The Kier molecular flexibility index (Phi) is 17.6. The van der Waals surface area contributed by atoms with Crippen molar-refractivity contribution in [3.8, 4) is 0 Å². The number of hydrogen-bond acceptors (Lipinski definition) is 3. The minimum absolute atomic E-state index is 0. The van der Waals surface area contributed by atoms with Crippen molar-refractivity contribution in [2.24, 2.45) is 0 Å². The van der Waals surface area contributed by atoms with Crippen LogP contribution in [0.3, 0.4) is 0 Å². The molecule has 1 aromatic rings. The van der Waals surface area contributed by atoms with Crippen molar-refractivity contribution in [2.45, 2.75) is 102 Å². The van der Waals surface area contributed by atoms with E-state index in [0.29, 0.717) is 0 Å². The standard InChI is InChI=1S/C22H38O3S.Li.H/c1-2-3-4-5-6-7-8-9-10-11-12-13-14-18-21-25-26(23,24)22-19-16-15-17-20-22;;/h15-17,19-20H,2-14,18,21H2,1H3;;/q;+1;-1. The molecule has 0 aromatic heterocycles. The molecular formula is C22H39LiO3S. The van der Waals surface area contributed by atoms with E-state index in [4.69, 9.17) is 4.18 Å². The summed E-state index contributed by atoms with van der Waals surface area (Å²) in [5, 5.41) is 0.